The average Bonchev–Trinajstić information content (AvgIpc) is 2.72. The summed E-state index contributed by atoms with van der Waals surface area (Å²) in [4.78, 5) is 13.6. The molecule has 2 aliphatic heterocycles. The first-order valence-electron chi connectivity index (χ1n) is 5.76. The Morgan fingerprint density at radius 2 is 2.07 bits per heavy atom. The second-order valence-electron chi connectivity index (χ2n) is 4.56. The lowest BCUT2D eigenvalue weighted by molar-refractivity contribution is -0.177. The average molecular weight is 213 g/mol. The molecule has 2 aliphatic rings. The molecule has 0 aromatic rings. The van der Waals surface area contributed by atoms with Crippen molar-refractivity contribution in [2.24, 2.45) is 0 Å². The second kappa shape index (κ2) is 4.49. The van der Waals surface area contributed by atoms with Gasteiger partial charge in [0.1, 0.15) is 0 Å². The SMILES string of the molecule is CC(C)O[C@H]1OC(=O)C[C@@H]1N1CCCC1. The third-order valence-electron chi connectivity index (χ3n) is 2.95. The van der Waals surface area contributed by atoms with Crippen molar-refractivity contribution in [3.05, 3.63) is 0 Å². The Morgan fingerprint density at radius 1 is 1.40 bits per heavy atom. The summed E-state index contributed by atoms with van der Waals surface area (Å²) in [5.41, 5.74) is 0. The van der Waals surface area contributed by atoms with Gasteiger partial charge < -0.3 is 9.47 Å². The minimum absolute atomic E-state index is 0.103. The van der Waals surface area contributed by atoms with Crippen molar-refractivity contribution in [2.45, 2.75) is 51.5 Å². The number of ether oxygens (including phenoxy) is 2. The maximum Gasteiger partial charge on any atom is 0.309 e. The molecule has 86 valence electrons. The first-order chi connectivity index (χ1) is 7.16. The molecular formula is C11H19NO3. The molecule has 15 heavy (non-hydrogen) atoms. The van der Waals surface area contributed by atoms with Crippen LogP contribution in [0.1, 0.15) is 33.1 Å². The fourth-order valence-electron chi connectivity index (χ4n) is 2.28. The lowest BCUT2D eigenvalue weighted by atomic mass is 10.2. The Hall–Kier alpha value is -0.610. The number of cyclic esters (lactones) is 1. The molecule has 0 N–H and O–H groups in total. The zero-order chi connectivity index (χ0) is 10.8. The number of hydrogen-bond acceptors (Lipinski definition) is 4. The summed E-state index contributed by atoms with van der Waals surface area (Å²) in [6, 6.07) is 0.141. The van der Waals surface area contributed by atoms with Gasteiger partial charge in [0.2, 0.25) is 6.29 Å². The van der Waals surface area contributed by atoms with Gasteiger partial charge in [-0.2, -0.15) is 0 Å². The number of nitrogens with zero attached hydrogens (tertiary/aromatic N) is 1. The van der Waals surface area contributed by atoms with Gasteiger partial charge >= 0.3 is 5.97 Å². The highest BCUT2D eigenvalue weighted by atomic mass is 16.7. The summed E-state index contributed by atoms with van der Waals surface area (Å²) in [5.74, 6) is -0.127. The van der Waals surface area contributed by atoms with Crippen LogP contribution in [-0.4, -0.2) is 42.4 Å². The van der Waals surface area contributed by atoms with Crippen LogP contribution < -0.4 is 0 Å². The second-order valence-corrected chi connectivity index (χ2v) is 4.56. The fourth-order valence-corrected chi connectivity index (χ4v) is 2.28. The van der Waals surface area contributed by atoms with Gasteiger partial charge in [-0.1, -0.05) is 0 Å². The van der Waals surface area contributed by atoms with E-state index in [9.17, 15) is 4.79 Å². The van der Waals surface area contributed by atoms with E-state index in [0.29, 0.717) is 6.42 Å². The topological polar surface area (TPSA) is 38.8 Å². The highest BCUT2D eigenvalue weighted by Crippen LogP contribution is 2.26. The third-order valence-corrected chi connectivity index (χ3v) is 2.95. The molecule has 2 rings (SSSR count). The van der Waals surface area contributed by atoms with Gasteiger partial charge in [-0.15, -0.1) is 0 Å². The van der Waals surface area contributed by atoms with Gasteiger partial charge in [0, 0.05) is 0 Å². The Labute approximate surface area is 90.5 Å². The first kappa shape index (κ1) is 10.9. The lowest BCUT2D eigenvalue weighted by Gasteiger charge is -2.27. The molecule has 2 heterocycles. The van der Waals surface area contributed by atoms with Crippen LogP contribution in [0.15, 0.2) is 0 Å². The monoisotopic (exact) mass is 213 g/mol. The predicted molar refractivity (Wildman–Crippen MR) is 55.3 cm³/mol. The van der Waals surface area contributed by atoms with Crippen molar-refractivity contribution in [3.63, 3.8) is 0 Å². The number of esters is 1. The third kappa shape index (κ3) is 2.49. The molecule has 0 aromatic carbocycles. The summed E-state index contributed by atoms with van der Waals surface area (Å²) in [5, 5.41) is 0. The smallest absolute Gasteiger partial charge is 0.309 e. The molecule has 0 spiro atoms. The molecule has 0 aromatic heterocycles. The van der Waals surface area contributed by atoms with Gasteiger partial charge in [-0.25, -0.2) is 0 Å². The summed E-state index contributed by atoms with van der Waals surface area (Å²) in [6.45, 7) is 6.07. The molecule has 0 amide bonds. The molecular weight excluding hydrogens is 194 g/mol. The summed E-state index contributed by atoms with van der Waals surface area (Å²) < 4.78 is 10.8. The van der Waals surface area contributed by atoms with Crippen LogP contribution in [0.2, 0.25) is 0 Å². The van der Waals surface area contributed by atoms with Gasteiger partial charge in [0.15, 0.2) is 0 Å². The van der Waals surface area contributed by atoms with Crippen molar-refractivity contribution in [3.8, 4) is 0 Å². The van der Waals surface area contributed by atoms with Crippen LogP contribution in [0.3, 0.4) is 0 Å². The van der Waals surface area contributed by atoms with E-state index in [4.69, 9.17) is 9.47 Å². The number of likely N-dealkylation sites (tertiary alicyclic amines) is 1. The van der Waals surface area contributed by atoms with E-state index in [1.807, 2.05) is 13.8 Å². The molecule has 0 bridgehead atoms. The Bertz CT molecular complexity index is 236. The van der Waals surface area contributed by atoms with Crippen molar-refractivity contribution >= 4 is 5.97 Å². The number of rotatable bonds is 3. The zero-order valence-electron chi connectivity index (χ0n) is 9.44. The maximum atomic E-state index is 11.3. The molecule has 4 nitrogen and oxygen atoms in total. The zero-order valence-corrected chi connectivity index (χ0v) is 9.44. The normalized spacial score (nSPS) is 32.6. The molecule has 2 atom stereocenters. The van der Waals surface area contributed by atoms with Gasteiger partial charge in [0.25, 0.3) is 0 Å². The van der Waals surface area contributed by atoms with E-state index in [1.54, 1.807) is 0 Å². The first-order valence-corrected chi connectivity index (χ1v) is 5.76. The number of hydrogen-bond donors (Lipinski definition) is 0. The fraction of sp³-hybridized carbons (Fsp3) is 0.909. The Kier molecular flexibility index (Phi) is 3.26. The standard InChI is InChI=1S/C11H19NO3/c1-8(2)14-11-9(7-10(13)15-11)12-5-3-4-6-12/h8-9,11H,3-7H2,1-2H3/t9-,11-/m0/s1. The highest BCUT2D eigenvalue weighted by molar-refractivity contribution is 5.72. The van der Waals surface area contributed by atoms with Crippen LogP contribution >= 0.6 is 0 Å². The molecule has 0 unspecified atom stereocenters. The molecule has 0 aliphatic carbocycles. The Morgan fingerprint density at radius 3 is 2.67 bits per heavy atom. The number of carbonyl (C=O) groups is 1. The highest BCUT2D eigenvalue weighted by Gasteiger charge is 2.40. The van der Waals surface area contributed by atoms with Crippen molar-refractivity contribution in [1.82, 2.24) is 4.90 Å². The van der Waals surface area contributed by atoms with E-state index in [-0.39, 0.29) is 24.4 Å². The minimum atomic E-state index is -0.351. The van der Waals surface area contributed by atoms with E-state index in [2.05, 4.69) is 4.90 Å². The van der Waals surface area contributed by atoms with Crippen LogP contribution in [0.4, 0.5) is 0 Å². The van der Waals surface area contributed by atoms with Gasteiger partial charge in [-0.05, 0) is 39.8 Å². The van der Waals surface area contributed by atoms with Gasteiger partial charge in [-0.3, -0.25) is 9.69 Å². The Balaban J connectivity index is 1.97. The molecule has 0 saturated carbocycles. The summed E-state index contributed by atoms with van der Waals surface area (Å²) in [6.07, 6.45) is 2.68. The predicted octanol–water partition coefficient (Wildman–Crippen LogP) is 1.15. The van der Waals surface area contributed by atoms with Crippen LogP contribution in [-0.2, 0) is 14.3 Å². The van der Waals surface area contributed by atoms with Gasteiger partial charge in [0.05, 0.1) is 18.6 Å². The molecule has 2 fully saturated rings. The van der Waals surface area contributed by atoms with E-state index in [0.717, 1.165) is 13.1 Å². The van der Waals surface area contributed by atoms with Crippen LogP contribution in [0.25, 0.3) is 0 Å². The minimum Gasteiger partial charge on any atom is -0.434 e. The number of carbonyl (C=O) groups excluding carboxylic acids is 1. The van der Waals surface area contributed by atoms with E-state index < -0.39 is 0 Å². The molecule has 2 saturated heterocycles. The van der Waals surface area contributed by atoms with Crippen LogP contribution in [0.5, 0.6) is 0 Å². The lowest BCUT2D eigenvalue weighted by Crippen LogP contribution is -2.41. The van der Waals surface area contributed by atoms with Crippen molar-refractivity contribution in [2.75, 3.05) is 13.1 Å². The summed E-state index contributed by atoms with van der Waals surface area (Å²) in [7, 11) is 0. The maximum absolute atomic E-state index is 11.3. The van der Waals surface area contributed by atoms with Crippen LogP contribution in [0, 0.1) is 0 Å². The molecule has 4 heteroatoms. The van der Waals surface area contributed by atoms with E-state index in [1.165, 1.54) is 12.8 Å². The van der Waals surface area contributed by atoms with Crippen molar-refractivity contribution < 1.29 is 14.3 Å². The largest absolute Gasteiger partial charge is 0.434 e. The molecule has 0 radical (unpaired) electrons. The van der Waals surface area contributed by atoms with Crippen molar-refractivity contribution in [1.29, 1.82) is 0 Å². The quantitative estimate of drug-likeness (QED) is 0.659. The van der Waals surface area contributed by atoms with E-state index >= 15 is 0 Å². The summed E-state index contributed by atoms with van der Waals surface area (Å²) >= 11 is 0.